The number of hydrogen-bond donors (Lipinski definition) is 3. The fourth-order valence-corrected chi connectivity index (χ4v) is 2.28. The quantitative estimate of drug-likeness (QED) is 0.718. The van der Waals surface area contributed by atoms with Crippen LogP contribution in [0.15, 0.2) is 18.2 Å². The first-order chi connectivity index (χ1) is 10.7. The van der Waals surface area contributed by atoms with E-state index in [-0.39, 0.29) is 17.7 Å². The molecule has 3 N–H and O–H groups in total. The van der Waals surface area contributed by atoms with E-state index in [1.165, 1.54) is 19.1 Å². The SMILES string of the molecule is CCC(CC)(CC(=O)O)NC(=O)c1ccc(F)c(NC(C)=O)c1. The van der Waals surface area contributed by atoms with Gasteiger partial charge < -0.3 is 15.7 Å². The Bertz CT molecular complexity index is 612. The van der Waals surface area contributed by atoms with E-state index in [4.69, 9.17) is 5.11 Å². The predicted molar refractivity (Wildman–Crippen MR) is 83.7 cm³/mol. The second-order valence-corrected chi connectivity index (χ2v) is 5.39. The normalized spacial score (nSPS) is 11.0. The van der Waals surface area contributed by atoms with Crippen molar-refractivity contribution in [3.8, 4) is 0 Å². The molecule has 0 unspecified atom stereocenters. The lowest BCUT2D eigenvalue weighted by molar-refractivity contribution is -0.138. The molecule has 0 bridgehead atoms. The van der Waals surface area contributed by atoms with Crippen molar-refractivity contribution >= 4 is 23.5 Å². The van der Waals surface area contributed by atoms with Crippen LogP contribution in [-0.2, 0) is 9.59 Å². The van der Waals surface area contributed by atoms with Crippen molar-refractivity contribution in [1.29, 1.82) is 0 Å². The van der Waals surface area contributed by atoms with E-state index in [0.717, 1.165) is 6.07 Å². The van der Waals surface area contributed by atoms with E-state index in [1.54, 1.807) is 13.8 Å². The Morgan fingerprint density at radius 3 is 2.30 bits per heavy atom. The van der Waals surface area contributed by atoms with Crippen LogP contribution in [0.5, 0.6) is 0 Å². The smallest absolute Gasteiger partial charge is 0.305 e. The number of aliphatic carboxylic acids is 1. The Balaban J connectivity index is 3.04. The van der Waals surface area contributed by atoms with E-state index < -0.39 is 29.1 Å². The summed E-state index contributed by atoms with van der Waals surface area (Å²) in [4.78, 5) is 34.4. The largest absolute Gasteiger partial charge is 0.481 e. The predicted octanol–water partition coefficient (Wildman–Crippen LogP) is 2.55. The van der Waals surface area contributed by atoms with Gasteiger partial charge in [0.1, 0.15) is 5.82 Å². The number of amides is 2. The molecule has 1 aromatic carbocycles. The zero-order valence-electron chi connectivity index (χ0n) is 13.4. The molecule has 126 valence electrons. The monoisotopic (exact) mass is 324 g/mol. The molecule has 0 aliphatic carbocycles. The molecule has 23 heavy (non-hydrogen) atoms. The molecule has 0 saturated carbocycles. The second kappa shape index (κ2) is 7.71. The minimum absolute atomic E-state index is 0.0954. The number of carboxylic acids is 1. The van der Waals surface area contributed by atoms with Gasteiger partial charge in [-0.3, -0.25) is 14.4 Å². The summed E-state index contributed by atoms with van der Waals surface area (Å²) in [7, 11) is 0. The Morgan fingerprint density at radius 2 is 1.83 bits per heavy atom. The maximum absolute atomic E-state index is 13.6. The molecule has 0 spiro atoms. The van der Waals surface area contributed by atoms with E-state index in [0.29, 0.717) is 12.8 Å². The van der Waals surface area contributed by atoms with Gasteiger partial charge in [0.15, 0.2) is 0 Å². The van der Waals surface area contributed by atoms with Crippen LogP contribution in [0.25, 0.3) is 0 Å². The third kappa shape index (κ3) is 5.05. The summed E-state index contributed by atoms with van der Waals surface area (Å²) < 4.78 is 13.6. The Hall–Kier alpha value is -2.44. The van der Waals surface area contributed by atoms with Gasteiger partial charge in [-0.2, -0.15) is 0 Å². The maximum Gasteiger partial charge on any atom is 0.305 e. The number of nitrogens with one attached hydrogen (secondary N) is 2. The highest BCUT2D eigenvalue weighted by atomic mass is 19.1. The van der Waals surface area contributed by atoms with Gasteiger partial charge in [-0.05, 0) is 31.0 Å². The minimum Gasteiger partial charge on any atom is -0.481 e. The van der Waals surface area contributed by atoms with Gasteiger partial charge in [0.05, 0.1) is 17.6 Å². The maximum atomic E-state index is 13.6. The first-order valence-electron chi connectivity index (χ1n) is 7.34. The summed E-state index contributed by atoms with van der Waals surface area (Å²) >= 11 is 0. The van der Waals surface area contributed by atoms with Gasteiger partial charge in [0.25, 0.3) is 5.91 Å². The molecular formula is C16H21FN2O4. The summed E-state index contributed by atoms with van der Waals surface area (Å²) in [6.45, 7) is 4.82. The number of halogens is 1. The number of carbonyl (C=O) groups excluding carboxylic acids is 2. The lowest BCUT2D eigenvalue weighted by Crippen LogP contribution is -2.49. The molecule has 1 rings (SSSR count). The van der Waals surface area contributed by atoms with Crippen LogP contribution < -0.4 is 10.6 Å². The van der Waals surface area contributed by atoms with Crippen LogP contribution in [0.3, 0.4) is 0 Å². The van der Waals surface area contributed by atoms with Crippen molar-refractivity contribution in [2.24, 2.45) is 0 Å². The average Bonchev–Trinajstić information content (AvgIpc) is 2.47. The number of rotatable bonds is 7. The molecule has 0 aliphatic heterocycles. The van der Waals surface area contributed by atoms with Crippen LogP contribution in [-0.4, -0.2) is 28.4 Å². The molecule has 0 aliphatic rings. The molecule has 0 fully saturated rings. The molecular weight excluding hydrogens is 303 g/mol. The van der Waals surface area contributed by atoms with Gasteiger partial charge in [-0.25, -0.2) is 4.39 Å². The zero-order valence-corrected chi connectivity index (χ0v) is 13.4. The molecule has 0 radical (unpaired) electrons. The van der Waals surface area contributed by atoms with Crippen LogP contribution >= 0.6 is 0 Å². The van der Waals surface area contributed by atoms with E-state index >= 15 is 0 Å². The lowest BCUT2D eigenvalue weighted by atomic mass is 9.88. The van der Waals surface area contributed by atoms with Crippen molar-refractivity contribution in [1.82, 2.24) is 5.32 Å². The first kappa shape index (κ1) is 18.6. The van der Waals surface area contributed by atoms with Crippen LogP contribution in [0.2, 0.25) is 0 Å². The van der Waals surface area contributed by atoms with E-state index in [1.807, 2.05) is 0 Å². The highest BCUT2D eigenvalue weighted by molar-refractivity contribution is 5.97. The first-order valence-corrected chi connectivity index (χ1v) is 7.34. The number of hydrogen-bond acceptors (Lipinski definition) is 3. The number of anilines is 1. The van der Waals surface area contributed by atoms with E-state index in [9.17, 15) is 18.8 Å². The van der Waals surface area contributed by atoms with Crippen molar-refractivity contribution in [2.45, 2.75) is 45.6 Å². The molecule has 0 aromatic heterocycles. The average molecular weight is 324 g/mol. The third-order valence-corrected chi connectivity index (χ3v) is 3.76. The van der Waals surface area contributed by atoms with Crippen LogP contribution in [0, 0.1) is 5.82 Å². The fraction of sp³-hybridized carbons (Fsp3) is 0.438. The molecule has 0 saturated heterocycles. The third-order valence-electron chi connectivity index (χ3n) is 3.76. The molecule has 1 aromatic rings. The summed E-state index contributed by atoms with van der Waals surface area (Å²) in [5.74, 6) is -2.63. The standard InChI is InChI=1S/C16H21FN2O4/c1-4-16(5-2,9-14(21)22)19-15(23)11-6-7-12(17)13(8-11)18-10(3)20/h6-8H,4-5,9H2,1-3H3,(H,18,20)(H,19,23)(H,21,22). The molecule has 0 atom stereocenters. The van der Waals surface area contributed by atoms with Gasteiger partial charge in [-0.15, -0.1) is 0 Å². The van der Waals surface area contributed by atoms with Crippen molar-refractivity contribution in [2.75, 3.05) is 5.32 Å². The zero-order chi connectivity index (χ0) is 17.6. The van der Waals surface area contributed by atoms with Crippen LogP contribution in [0.1, 0.15) is 50.4 Å². The van der Waals surface area contributed by atoms with Crippen LogP contribution in [0.4, 0.5) is 10.1 Å². The highest BCUT2D eigenvalue weighted by Crippen LogP contribution is 2.22. The van der Waals surface area contributed by atoms with Gasteiger partial charge in [0, 0.05) is 12.5 Å². The Kier molecular flexibility index (Phi) is 6.24. The molecule has 7 heteroatoms. The highest BCUT2D eigenvalue weighted by Gasteiger charge is 2.31. The number of benzene rings is 1. The Morgan fingerprint density at radius 1 is 1.22 bits per heavy atom. The summed E-state index contributed by atoms with van der Waals surface area (Å²) in [6.07, 6.45) is 0.689. The summed E-state index contributed by atoms with van der Waals surface area (Å²) in [5, 5.41) is 14.1. The topological polar surface area (TPSA) is 95.5 Å². The van der Waals surface area contributed by atoms with E-state index in [2.05, 4.69) is 10.6 Å². The van der Waals surface area contributed by atoms with Gasteiger partial charge >= 0.3 is 5.97 Å². The Labute approximate surface area is 134 Å². The second-order valence-electron chi connectivity index (χ2n) is 5.39. The summed E-state index contributed by atoms with van der Waals surface area (Å²) in [5.41, 5.74) is -0.820. The van der Waals surface area contributed by atoms with Crippen molar-refractivity contribution in [3.05, 3.63) is 29.6 Å². The molecule has 6 nitrogen and oxygen atoms in total. The fourth-order valence-electron chi connectivity index (χ4n) is 2.28. The van der Waals surface area contributed by atoms with Gasteiger partial charge in [-0.1, -0.05) is 13.8 Å². The van der Waals surface area contributed by atoms with Gasteiger partial charge in [0.2, 0.25) is 5.91 Å². The lowest BCUT2D eigenvalue weighted by Gasteiger charge is -2.31. The molecule has 0 heterocycles. The number of carbonyl (C=O) groups is 3. The van der Waals surface area contributed by atoms with Crippen molar-refractivity contribution < 1.29 is 23.9 Å². The summed E-state index contributed by atoms with van der Waals surface area (Å²) in [6, 6.07) is 3.59. The number of carboxylic acid groups (broad SMARTS) is 1. The van der Waals surface area contributed by atoms with Crippen molar-refractivity contribution in [3.63, 3.8) is 0 Å². The minimum atomic E-state index is -1.01. The molecule has 2 amide bonds.